The Balaban J connectivity index is 1.87. The van der Waals surface area contributed by atoms with Crippen molar-refractivity contribution in [3.8, 4) is 5.75 Å². The minimum Gasteiger partial charge on any atom is -0.492 e. The molecule has 0 spiro atoms. The van der Waals surface area contributed by atoms with Crippen LogP contribution in [0.25, 0.3) is 0 Å². The number of nitrogens with one attached hydrogen (secondary N) is 1. The number of hydrogen-bond acceptors (Lipinski definition) is 3. The molecule has 1 aliphatic rings. The van der Waals surface area contributed by atoms with E-state index in [1.807, 2.05) is 6.07 Å². The van der Waals surface area contributed by atoms with Crippen molar-refractivity contribution in [2.45, 2.75) is 38.8 Å². The first-order valence-corrected chi connectivity index (χ1v) is 6.71. The van der Waals surface area contributed by atoms with Crippen LogP contribution < -0.4 is 10.1 Å². The van der Waals surface area contributed by atoms with Gasteiger partial charge in [0.25, 0.3) is 0 Å². The van der Waals surface area contributed by atoms with Crippen molar-refractivity contribution >= 4 is 0 Å². The smallest absolute Gasteiger partial charge is 0.119 e. The Bertz CT molecular complexity index is 379. The fourth-order valence-corrected chi connectivity index (χ4v) is 2.14. The van der Waals surface area contributed by atoms with Crippen molar-refractivity contribution in [1.29, 1.82) is 0 Å². The summed E-state index contributed by atoms with van der Waals surface area (Å²) in [5.41, 5.74) is 1.31. The molecule has 1 aromatic rings. The van der Waals surface area contributed by atoms with Crippen LogP contribution >= 0.6 is 0 Å². The van der Waals surface area contributed by atoms with E-state index in [1.165, 1.54) is 5.56 Å². The maximum atomic E-state index is 5.84. The molecule has 0 aromatic heterocycles. The first kappa shape index (κ1) is 13.4. The summed E-state index contributed by atoms with van der Waals surface area (Å²) < 4.78 is 11.3. The summed E-state index contributed by atoms with van der Waals surface area (Å²) in [7, 11) is 0. The van der Waals surface area contributed by atoms with E-state index in [0.717, 1.165) is 19.0 Å². The van der Waals surface area contributed by atoms with Gasteiger partial charge in [0.15, 0.2) is 0 Å². The van der Waals surface area contributed by atoms with Crippen LogP contribution in [0.5, 0.6) is 5.75 Å². The third-order valence-corrected chi connectivity index (χ3v) is 3.18. The number of hydrogen-bond donors (Lipinski definition) is 1. The molecule has 2 rings (SSSR count). The molecule has 3 nitrogen and oxygen atoms in total. The summed E-state index contributed by atoms with van der Waals surface area (Å²) in [6.45, 7) is 8.69. The summed E-state index contributed by atoms with van der Waals surface area (Å²) in [5, 5.41) is 3.47. The molecule has 0 aliphatic carbocycles. The van der Waals surface area contributed by atoms with Crippen molar-refractivity contribution in [2.24, 2.45) is 0 Å². The topological polar surface area (TPSA) is 30.5 Å². The third-order valence-electron chi connectivity index (χ3n) is 3.18. The zero-order valence-electron chi connectivity index (χ0n) is 11.5. The van der Waals surface area contributed by atoms with Crippen LogP contribution in [0.15, 0.2) is 24.3 Å². The SMILES string of the molecule is CC1COCC(COc2cccc(C(C)C)c2)N1. The molecule has 0 radical (unpaired) electrons. The molecule has 100 valence electrons. The second-order valence-corrected chi connectivity index (χ2v) is 5.34. The van der Waals surface area contributed by atoms with Crippen molar-refractivity contribution in [1.82, 2.24) is 5.32 Å². The summed E-state index contributed by atoms with van der Waals surface area (Å²) in [4.78, 5) is 0. The van der Waals surface area contributed by atoms with E-state index in [-0.39, 0.29) is 6.04 Å². The van der Waals surface area contributed by atoms with E-state index in [9.17, 15) is 0 Å². The summed E-state index contributed by atoms with van der Waals surface area (Å²) in [5.74, 6) is 1.48. The molecular formula is C15H23NO2. The summed E-state index contributed by atoms with van der Waals surface area (Å²) in [6, 6.07) is 9.03. The number of ether oxygens (including phenoxy) is 2. The molecule has 2 unspecified atom stereocenters. The van der Waals surface area contributed by atoms with Gasteiger partial charge in [0.1, 0.15) is 12.4 Å². The molecule has 3 heteroatoms. The molecule has 0 amide bonds. The Morgan fingerprint density at radius 3 is 2.94 bits per heavy atom. The molecule has 1 aliphatic heterocycles. The Hall–Kier alpha value is -1.06. The van der Waals surface area contributed by atoms with Gasteiger partial charge in [0.05, 0.1) is 19.3 Å². The lowest BCUT2D eigenvalue weighted by atomic mass is 10.0. The zero-order chi connectivity index (χ0) is 13.0. The van der Waals surface area contributed by atoms with Crippen LogP contribution in [-0.2, 0) is 4.74 Å². The van der Waals surface area contributed by atoms with Crippen molar-refractivity contribution in [3.05, 3.63) is 29.8 Å². The predicted octanol–water partition coefficient (Wildman–Crippen LogP) is 2.57. The molecule has 0 saturated carbocycles. The minimum absolute atomic E-state index is 0.288. The van der Waals surface area contributed by atoms with Gasteiger partial charge in [0, 0.05) is 6.04 Å². The molecule has 1 fully saturated rings. The van der Waals surface area contributed by atoms with Crippen LogP contribution in [0.4, 0.5) is 0 Å². The fraction of sp³-hybridized carbons (Fsp3) is 0.600. The monoisotopic (exact) mass is 249 g/mol. The van der Waals surface area contributed by atoms with Gasteiger partial charge in [-0.25, -0.2) is 0 Å². The Labute approximate surface area is 109 Å². The number of rotatable bonds is 4. The quantitative estimate of drug-likeness (QED) is 0.889. The highest BCUT2D eigenvalue weighted by atomic mass is 16.5. The normalized spacial score (nSPS) is 24.2. The summed E-state index contributed by atoms with van der Waals surface area (Å²) >= 11 is 0. The lowest BCUT2D eigenvalue weighted by molar-refractivity contribution is 0.0353. The van der Waals surface area contributed by atoms with Gasteiger partial charge in [0.2, 0.25) is 0 Å². The van der Waals surface area contributed by atoms with Gasteiger partial charge in [-0.3, -0.25) is 0 Å². The zero-order valence-corrected chi connectivity index (χ0v) is 11.5. The third kappa shape index (κ3) is 3.72. The van der Waals surface area contributed by atoms with Gasteiger partial charge >= 0.3 is 0 Å². The molecule has 0 bridgehead atoms. The van der Waals surface area contributed by atoms with Crippen molar-refractivity contribution < 1.29 is 9.47 Å². The van der Waals surface area contributed by atoms with Crippen LogP contribution in [-0.4, -0.2) is 31.9 Å². The molecule has 1 aromatic carbocycles. The van der Waals surface area contributed by atoms with E-state index in [1.54, 1.807) is 0 Å². The second kappa shape index (κ2) is 6.21. The highest BCUT2D eigenvalue weighted by Gasteiger charge is 2.18. The highest BCUT2D eigenvalue weighted by molar-refractivity contribution is 5.30. The van der Waals surface area contributed by atoms with Crippen molar-refractivity contribution in [3.63, 3.8) is 0 Å². The Kier molecular flexibility index (Phi) is 4.61. The van der Waals surface area contributed by atoms with Crippen LogP contribution in [0.3, 0.4) is 0 Å². The fourth-order valence-electron chi connectivity index (χ4n) is 2.14. The maximum Gasteiger partial charge on any atom is 0.119 e. The largest absolute Gasteiger partial charge is 0.492 e. The van der Waals surface area contributed by atoms with Crippen LogP contribution in [0.1, 0.15) is 32.3 Å². The van der Waals surface area contributed by atoms with E-state index in [2.05, 4.69) is 44.3 Å². The Morgan fingerprint density at radius 1 is 1.39 bits per heavy atom. The molecule has 1 saturated heterocycles. The van der Waals surface area contributed by atoms with E-state index in [4.69, 9.17) is 9.47 Å². The lowest BCUT2D eigenvalue weighted by Crippen LogP contribution is -2.50. The average Bonchev–Trinajstić information content (AvgIpc) is 2.37. The standard InChI is InChI=1S/C15H23NO2/c1-11(2)13-5-4-6-15(7-13)18-10-14-9-17-8-12(3)16-14/h4-7,11-12,14,16H,8-10H2,1-3H3. The van der Waals surface area contributed by atoms with E-state index in [0.29, 0.717) is 18.6 Å². The van der Waals surface area contributed by atoms with E-state index < -0.39 is 0 Å². The summed E-state index contributed by atoms with van der Waals surface area (Å²) in [6.07, 6.45) is 0. The first-order chi connectivity index (χ1) is 8.65. The van der Waals surface area contributed by atoms with Gasteiger partial charge in [-0.1, -0.05) is 26.0 Å². The first-order valence-electron chi connectivity index (χ1n) is 6.71. The molecule has 2 atom stereocenters. The molecular weight excluding hydrogens is 226 g/mol. The maximum absolute atomic E-state index is 5.84. The van der Waals surface area contributed by atoms with Crippen molar-refractivity contribution in [2.75, 3.05) is 19.8 Å². The minimum atomic E-state index is 0.288. The van der Waals surface area contributed by atoms with Crippen LogP contribution in [0, 0.1) is 0 Å². The van der Waals surface area contributed by atoms with E-state index >= 15 is 0 Å². The van der Waals surface area contributed by atoms with Crippen LogP contribution in [0.2, 0.25) is 0 Å². The molecule has 18 heavy (non-hydrogen) atoms. The predicted molar refractivity (Wildman–Crippen MR) is 73.2 cm³/mol. The second-order valence-electron chi connectivity index (χ2n) is 5.34. The van der Waals surface area contributed by atoms with Gasteiger partial charge in [-0.2, -0.15) is 0 Å². The highest BCUT2D eigenvalue weighted by Crippen LogP contribution is 2.20. The number of benzene rings is 1. The number of morpholine rings is 1. The Morgan fingerprint density at radius 2 is 2.22 bits per heavy atom. The van der Waals surface area contributed by atoms with Gasteiger partial charge < -0.3 is 14.8 Å². The molecule has 1 N–H and O–H groups in total. The van der Waals surface area contributed by atoms with Gasteiger partial charge in [-0.05, 0) is 30.5 Å². The lowest BCUT2D eigenvalue weighted by Gasteiger charge is -2.28. The average molecular weight is 249 g/mol. The molecule has 1 heterocycles. The van der Waals surface area contributed by atoms with Gasteiger partial charge in [-0.15, -0.1) is 0 Å².